The molecule has 0 heterocycles. The predicted octanol–water partition coefficient (Wildman–Crippen LogP) is 2.03. The van der Waals surface area contributed by atoms with Crippen LogP contribution in [-0.2, 0) is 10.0 Å². The minimum atomic E-state index is -3.87. The summed E-state index contributed by atoms with van der Waals surface area (Å²) in [5, 5.41) is 8.55. The van der Waals surface area contributed by atoms with Crippen LogP contribution in [0.4, 0.5) is 8.78 Å². The van der Waals surface area contributed by atoms with Crippen molar-refractivity contribution in [3.05, 3.63) is 29.8 Å². The molecule has 1 fully saturated rings. The first kappa shape index (κ1) is 13.9. The average molecular weight is 286 g/mol. The summed E-state index contributed by atoms with van der Waals surface area (Å²) in [4.78, 5) is -0.281. The lowest BCUT2D eigenvalue weighted by atomic mass is 10.3. The SMILES string of the molecule is N#CCCN(C1CC1)S(=O)(=O)c1ccc(F)c(F)c1. The topological polar surface area (TPSA) is 61.2 Å². The highest BCUT2D eigenvalue weighted by Crippen LogP contribution is 2.32. The molecule has 102 valence electrons. The second-order valence-electron chi connectivity index (χ2n) is 4.33. The fourth-order valence-electron chi connectivity index (χ4n) is 1.79. The van der Waals surface area contributed by atoms with Gasteiger partial charge in [0.25, 0.3) is 0 Å². The van der Waals surface area contributed by atoms with E-state index in [9.17, 15) is 17.2 Å². The number of hydrogen-bond donors (Lipinski definition) is 0. The van der Waals surface area contributed by atoms with Crippen molar-refractivity contribution >= 4 is 10.0 Å². The summed E-state index contributed by atoms with van der Waals surface area (Å²) in [6, 6.07) is 4.25. The van der Waals surface area contributed by atoms with Crippen molar-refractivity contribution < 1.29 is 17.2 Å². The highest BCUT2D eigenvalue weighted by Gasteiger charge is 2.37. The molecule has 0 radical (unpaired) electrons. The zero-order valence-corrected chi connectivity index (χ0v) is 10.8. The molecule has 0 amide bonds. The second-order valence-corrected chi connectivity index (χ2v) is 6.22. The second kappa shape index (κ2) is 5.23. The Kier molecular flexibility index (Phi) is 3.83. The Morgan fingerprint density at radius 2 is 2.00 bits per heavy atom. The first-order valence-electron chi connectivity index (χ1n) is 5.80. The molecule has 1 saturated carbocycles. The lowest BCUT2D eigenvalue weighted by Crippen LogP contribution is -2.34. The monoisotopic (exact) mass is 286 g/mol. The lowest BCUT2D eigenvalue weighted by Gasteiger charge is -2.20. The van der Waals surface area contributed by atoms with Gasteiger partial charge in [-0.2, -0.15) is 9.57 Å². The smallest absolute Gasteiger partial charge is 0.207 e. The van der Waals surface area contributed by atoms with Crippen molar-refractivity contribution in [2.75, 3.05) is 6.54 Å². The van der Waals surface area contributed by atoms with Gasteiger partial charge in [-0.3, -0.25) is 0 Å². The van der Waals surface area contributed by atoms with Gasteiger partial charge in [0.1, 0.15) is 0 Å². The third-order valence-corrected chi connectivity index (χ3v) is 4.84. The zero-order chi connectivity index (χ0) is 14.0. The number of hydrogen-bond acceptors (Lipinski definition) is 3. The van der Waals surface area contributed by atoms with E-state index in [-0.39, 0.29) is 23.9 Å². The lowest BCUT2D eigenvalue weighted by molar-refractivity contribution is 0.410. The predicted molar refractivity (Wildman–Crippen MR) is 63.5 cm³/mol. The van der Waals surface area contributed by atoms with Gasteiger partial charge in [0, 0.05) is 19.0 Å². The van der Waals surface area contributed by atoms with Gasteiger partial charge < -0.3 is 0 Å². The van der Waals surface area contributed by atoms with Crippen molar-refractivity contribution in [2.24, 2.45) is 0 Å². The molecular weight excluding hydrogens is 274 g/mol. The van der Waals surface area contributed by atoms with Crippen LogP contribution in [0.25, 0.3) is 0 Å². The quantitative estimate of drug-likeness (QED) is 0.832. The van der Waals surface area contributed by atoms with Gasteiger partial charge in [0.2, 0.25) is 10.0 Å². The summed E-state index contributed by atoms with van der Waals surface area (Å²) < 4.78 is 51.8. The Morgan fingerprint density at radius 1 is 1.32 bits per heavy atom. The number of rotatable bonds is 5. The first-order valence-corrected chi connectivity index (χ1v) is 7.24. The summed E-state index contributed by atoms with van der Waals surface area (Å²) >= 11 is 0. The molecule has 0 unspecified atom stereocenters. The van der Waals surface area contributed by atoms with E-state index in [0.717, 1.165) is 25.0 Å². The van der Waals surface area contributed by atoms with Gasteiger partial charge in [-0.1, -0.05) is 0 Å². The van der Waals surface area contributed by atoms with Crippen LogP contribution in [0.1, 0.15) is 19.3 Å². The van der Waals surface area contributed by atoms with E-state index in [2.05, 4.69) is 0 Å². The molecule has 1 aliphatic carbocycles. The number of halogens is 2. The highest BCUT2D eigenvalue weighted by atomic mass is 32.2. The van der Waals surface area contributed by atoms with Crippen molar-refractivity contribution in [1.82, 2.24) is 4.31 Å². The van der Waals surface area contributed by atoms with Gasteiger partial charge in [-0.25, -0.2) is 17.2 Å². The molecule has 0 aliphatic heterocycles. The summed E-state index contributed by atoms with van der Waals surface area (Å²) in [5.74, 6) is -2.29. The minimum absolute atomic E-state index is 0.0689. The van der Waals surface area contributed by atoms with Crippen LogP contribution >= 0.6 is 0 Å². The van der Waals surface area contributed by atoms with Crippen LogP contribution in [0.5, 0.6) is 0 Å². The van der Waals surface area contributed by atoms with Crippen LogP contribution in [0, 0.1) is 23.0 Å². The van der Waals surface area contributed by atoms with Crippen molar-refractivity contribution in [3.63, 3.8) is 0 Å². The van der Waals surface area contributed by atoms with Gasteiger partial charge in [-0.05, 0) is 31.0 Å². The summed E-state index contributed by atoms with van der Waals surface area (Å²) in [6.45, 7) is 0.0719. The maximum atomic E-state index is 13.1. The van der Waals surface area contributed by atoms with E-state index in [1.165, 1.54) is 4.31 Å². The summed E-state index contributed by atoms with van der Waals surface area (Å²) in [6.07, 6.45) is 1.53. The summed E-state index contributed by atoms with van der Waals surface area (Å²) in [7, 11) is -3.87. The van der Waals surface area contributed by atoms with E-state index in [0.29, 0.717) is 6.07 Å². The first-order chi connectivity index (χ1) is 8.96. The Hall–Kier alpha value is -1.52. The van der Waals surface area contributed by atoms with E-state index in [4.69, 9.17) is 5.26 Å². The van der Waals surface area contributed by atoms with Gasteiger partial charge in [0.15, 0.2) is 11.6 Å². The van der Waals surface area contributed by atoms with E-state index in [1.807, 2.05) is 6.07 Å². The average Bonchev–Trinajstić information content (AvgIpc) is 3.17. The largest absolute Gasteiger partial charge is 0.243 e. The van der Waals surface area contributed by atoms with Gasteiger partial charge in [-0.15, -0.1) is 0 Å². The molecule has 4 nitrogen and oxygen atoms in total. The molecule has 0 spiro atoms. The molecule has 0 atom stereocenters. The molecule has 19 heavy (non-hydrogen) atoms. The molecule has 1 aliphatic rings. The van der Waals surface area contributed by atoms with Gasteiger partial charge >= 0.3 is 0 Å². The Balaban J connectivity index is 2.33. The molecule has 1 aromatic carbocycles. The molecule has 2 rings (SSSR count). The van der Waals surface area contributed by atoms with Gasteiger partial charge in [0.05, 0.1) is 11.0 Å². The fraction of sp³-hybridized carbons (Fsp3) is 0.417. The molecule has 0 N–H and O–H groups in total. The van der Waals surface area contributed by atoms with E-state index in [1.54, 1.807) is 0 Å². The zero-order valence-electron chi connectivity index (χ0n) is 10.0. The maximum Gasteiger partial charge on any atom is 0.243 e. The van der Waals surface area contributed by atoms with Crippen LogP contribution in [0.15, 0.2) is 23.1 Å². The maximum absolute atomic E-state index is 13.1. The molecule has 7 heteroatoms. The Bertz CT molecular complexity index is 621. The Labute approximate surface area is 110 Å². The van der Waals surface area contributed by atoms with Crippen LogP contribution < -0.4 is 0 Å². The van der Waals surface area contributed by atoms with Crippen LogP contribution in [-0.4, -0.2) is 25.3 Å². The normalized spacial score (nSPS) is 15.5. The van der Waals surface area contributed by atoms with Crippen molar-refractivity contribution in [2.45, 2.75) is 30.2 Å². The molecule has 1 aromatic rings. The van der Waals surface area contributed by atoms with Crippen LogP contribution in [0.2, 0.25) is 0 Å². The standard InChI is InChI=1S/C12H12F2N2O2S/c13-11-5-4-10(8-12(11)14)19(17,18)16(7-1-6-15)9-2-3-9/h4-5,8-9H,1-3,7H2. The van der Waals surface area contributed by atoms with Crippen molar-refractivity contribution in [3.8, 4) is 6.07 Å². The third kappa shape index (κ3) is 2.91. The van der Waals surface area contributed by atoms with Crippen molar-refractivity contribution in [1.29, 1.82) is 5.26 Å². The molecule has 0 saturated heterocycles. The Morgan fingerprint density at radius 3 is 2.53 bits per heavy atom. The third-order valence-electron chi connectivity index (χ3n) is 2.90. The molecule has 0 bridgehead atoms. The number of nitrogens with zero attached hydrogens (tertiary/aromatic N) is 2. The summed E-state index contributed by atoms with van der Waals surface area (Å²) in [5.41, 5.74) is 0. The number of nitriles is 1. The highest BCUT2D eigenvalue weighted by molar-refractivity contribution is 7.89. The molecular formula is C12H12F2N2O2S. The van der Waals surface area contributed by atoms with Crippen LogP contribution in [0.3, 0.4) is 0 Å². The minimum Gasteiger partial charge on any atom is -0.207 e. The fourth-order valence-corrected chi connectivity index (χ4v) is 3.49. The van der Waals surface area contributed by atoms with E-state index < -0.39 is 21.7 Å². The molecule has 0 aromatic heterocycles. The number of sulfonamides is 1. The van der Waals surface area contributed by atoms with E-state index >= 15 is 0 Å². The number of benzene rings is 1.